The van der Waals surface area contributed by atoms with E-state index in [0.717, 1.165) is 13.1 Å². The molecule has 26 heavy (non-hydrogen) atoms. The fraction of sp³-hybridized carbons (Fsp3) is 0.421. The summed E-state index contributed by atoms with van der Waals surface area (Å²) in [4.78, 5) is 15.3. The number of piperazine rings is 1. The molecule has 6 nitrogen and oxygen atoms in total. The number of aliphatic hydroxyl groups is 1. The van der Waals surface area contributed by atoms with E-state index in [-0.39, 0.29) is 5.91 Å². The van der Waals surface area contributed by atoms with Gasteiger partial charge in [0.1, 0.15) is 0 Å². The van der Waals surface area contributed by atoms with E-state index in [2.05, 4.69) is 10.2 Å². The van der Waals surface area contributed by atoms with Crippen LogP contribution in [0, 0.1) is 0 Å². The van der Waals surface area contributed by atoms with Crippen LogP contribution in [0.5, 0.6) is 0 Å². The summed E-state index contributed by atoms with van der Waals surface area (Å²) >= 11 is 6.89. The lowest BCUT2D eigenvalue weighted by atomic mass is 9.96. The zero-order chi connectivity index (χ0) is 18.8. The molecular weight excluding hydrogens is 354 g/mol. The number of likely N-dealkylation sites (N-methyl/N-ethyl adjacent to an activating group) is 1. The van der Waals surface area contributed by atoms with Crippen LogP contribution in [-0.2, 0) is 4.74 Å². The van der Waals surface area contributed by atoms with Crippen LogP contribution in [0.25, 0.3) is 0 Å². The molecule has 0 bridgehead atoms. The molecule has 2 atom stereocenters. The molecule has 1 amide bonds. The van der Waals surface area contributed by atoms with Gasteiger partial charge in [-0.2, -0.15) is 0 Å². The fourth-order valence-corrected chi connectivity index (χ4v) is 3.64. The number of allylic oxidation sites excluding steroid dienone is 1. The summed E-state index contributed by atoms with van der Waals surface area (Å²) in [5.41, 5.74) is 1.07. The van der Waals surface area contributed by atoms with Crippen molar-refractivity contribution >= 4 is 17.5 Å². The highest BCUT2D eigenvalue weighted by atomic mass is 35.5. The van der Waals surface area contributed by atoms with Gasteiger partial charge in [0.2, 0.25) is 5.79 Å². The Bertz CT molecular complexity index is 716. The molecule has 2 unspecified atom stereocenters. The second kappa shape index (κ2) is 7.50. The first kappa shape index (κ1) is 19.1. The smallest absolute Gasteiger partial charge is 0.255 e. The third-order valence-electron chi connectivity index (χ3n) is 4.91. The maximum absolute atomic E-state index is 12.4. The molecule has 0 radical (unpaired) electrons. The number of methoxy groups -OCH3 is 1. The Morgan fingerprint density at radius 3 is 2.50 bits per heavy atom. The Kier molecular flexibility index (Phi) is 5.50. The van der Waals surface area contributed by atoms with Crippen LogP contribution in [0.3, 0.4) is 0 Å². The third kappa shape index (κ3) is 3.56. The molecule has 1 aliphatic carbocycles. The van der Waals surface area contributed by atoms with E-state index >= 15 is 0 Å². The van der Waals surface area contributed by atoms with Crippen molar-refractivity contribution in [2.45, 2.75) is 10.8 Å². The number of hydrogen-bond donors (Lipinski definition) is 2. The lowest BCUT2D eigenvalue weighted by Gasteiger charge is -2.49. The Morgan fingerprint density at radius 2 is 1.88 bits per heavy atom. The van der Waals surface area contributed by atoms with Crippen molar-refractivity contribution in [3.63, 3.8) is 0 Å². The summed E-state index contributed by atoms with van der Waals surface area (Å²) in [6.07, 6.45) is 4.75. The minimum Gasteiger partial charge on any atom is -0.360 e. The first-order chi connectivity index (χ1) is 12.4. The number of benzene rings is 1. The lowest BCUT2D eigenvalue weighted by Crippen LogP contribution is -2.64. The third-order valence-corrected chi connectivity index (χ3v) is 5.53. The van der Waals surface area contributed by atoms with Crippen molar-refractivity contribution in [1.29, 1.82) is 0 Å². The van der Waals surface area contributed by atoms with Crippen LogP contribution >= 0.6 is 11.6 Å². The van der Waals surface area contributed by atoms with Gasteiger partial charge in [0.15, 0.2) is 5.00 Å². The molecule has 2 N–H and O–H groups in total. The molecule has 140 valence electrons. The first-order valence-electron chi connectivity index (χ1n) is 8.56. The quantitative estimate of drug-likeness (QED) is 0.471. The summed E-state index contributed by atoms with van der Waals surface area (Å²) in [5, 5.41) is 13.8. The second-order valence-corrected chi connectivity index (χ2v) is 7.19. The molecule has 0 spiro atoms. The van der Waals surface area contributed by atoms with E-state index in [1.54, 1.807) is 36.4 Å². The highest BCUT2D eigenvalue weighted by Crippen LogP contribution is 2.40. The largest absolute Gasteiger partial charge is 0.360 e. The topological polar surface area (TPSA) is 65.0 Å². The number of halogens is 1. The molecule has 1 aromatic carbocycles. The van der Waals surface area contributed by atoms with Gasteiger partial charge in [-0.05, 0) is 37.4 Å². The van der Waals surface area contributed by atoms with E-state index in [0.29, 0.717) is 24.4 Å². The predicted octanol–water partition coefficient (Wildman–Crippen LogP) is 1.39. The molecule has 7 heteroatoms. The predicted molar refractivity (Wildman–Crippen MR) is 101 cm³/mol. The Labute approximate surface area is 158 Å². The van der Waals surface area contributed by atoms with Crippen molar-refractivity contribution in [3.8, 4) is 0 Å². The van der Waals surface area contributed by atoms with Gasteiger partial charge in [-0.15, -0.1) is 0 Å². The Balaban J connectivity index is 1.85. The van der Waals surface area contributed by atoms with Gasteiger partial charge in [0.05, 0.1) is 0 Å². The highest BCUT2D eigenvalue weighted by molar-refractivity contribution is 6.26. The number of carbonyl (C=O) groups excluding carboxylic acids is 1. The number of amides is 1. The van der Waals surface area contributed by atoms with Crippen molar-refractivity contribution in [3.05, 3.63) is 59.8 Å². The number of carbonyl (C=O) groups is 1. The lowest BCUT2D eigenvalue weighted by molar-refractivity contribution is -0.197. The second-order valence-electron chi connectivity index (χ2n) is 6.62. The van der Waals surface area contributed by atoms with E-state index < -0.39 is 10.8 Å². The number of ether oxygens (including phenoxy) is 1. The number of hydrogen-bond acceptors (Lipinski definition) is 5. The van der Waals surface area contributed by atoms with Crippen LogP contribution in [0.2, 0.25) is 0 Å². The Hall–Kier alpha value is -1.70. The minimum absolute atomic E-state index is 0.234. The summed E-state index contributed by atoms with van der Waals surface area (Å²) in [7, 11) is 3.46. The summed E-state index contributed by atoms with van der Waals surface area (Å²) in [5.74, 6) is -1.92. The molecule has 0 aromatic heterocycles. The van der Waals surface area contributed by atoms with Crippen LogP contribution in [-0.4, -0.2) is 71.9 Å². The van der Waals surface area contributed by atoms with Crippen LogP contribution in [0.4, 0.5) is 0 Å². The number of rotatable bonds is 4. The molecule has 0 saturated carbocycles. The summed E-state index contributed by atoms with van der Waals surface area (Å²) in [6.45, 7) is 3.01. The van der Waals surface area contributed by atoms with Crippen LogP contribution < -0.4 is 5.32 Å². The summed E-state index contributed by atoms with van der Waals surface area (Å²) < 4.78 is 5.34. The monoisotopic (exact) mass is 377 g/mol. The highest BCUT2D eigenvalue weighted by Gasteiger charge is 2.53. The minimum atomic E-state index is -1.69. The number of nitrogens with one attached hydrogen (secondary N) is 1. The maximum Gasteiger partial charge on any atom is 0.255 e. The van der Waals surface area contributed by atoms with Crippen molar-refractivity contribution in [2.75, 3.05) is 40.3 Å². The maximum atomic E-state index is 12.4. The summed E-state index contributed by atoms with van der Waals surface area (Å²) in [6, 6.07) is 8.94. The number of alkyl halides is 1. The zero-order valence-electron chi connectivity index (χ0n) is 15.0. The van der Waals surface area contributed by atoms with E-state index in [9.17, 15) is 9.90 Å². The van der Waals surface area contributed by atoms with Crippen molar-refractivity contribution in [2.24, 2.45) is 0 Å². The molecule has 3 rings (SSSR count). The molecule has 1 aromatic rings. The molecule has 2 aliphatic rings. The molecule has 1 heterocycles. The van der Waals surface area contributed by atoms with Gasteiger partial charge in [0.25, 0.3) is 5.91 Å². The zero-order valence-corrected chi connectivity index (χ0v) is 15.7. The Morgan fingerprint density at radius 1 is 1.23 bits per heavy atom. The van der Waals surface area contributed by atoms with Crippen LogP contribution in [0.15, 0.2) is 54.3 Å². The molecule has 1 saturated heterocycles. The normalized spacial score (nSPS) is 30.1. The first-order valence-corrected chi connectivity index (χ1v) is 8.94. The van der Waals surface area contributed by atoms with E-state index in [1.165, 1.54) is 13.2 Å². The van der Waals surface area contributed by atoms with Gasteiger partial charge in [-0.3, -0.25) is 9.69 Å². The van der Waals surface area contributed by atoms with Gasteiger partial charge in [0, 0.05) is 44.5 Å². The SMILES string of the molecule is COC1(O)C=CC(NC(=O)c2ccccc2)=CC1(Cl)N1CCN(C)CC1. The van der Waals surface area contributed by atoms with Gasteiger partial charge < -0.3 is 20.1 Å². The molecule has 1 aliphatic heterocycles. The van der Waals surface area contributed by atoms with Crippen molar-refractivity contribution < 1.29 is 14.6 Å². The van der Waals surface area contributed by atoms with Crippen molar-refractivity contribution in [1.82, 2.24) is 15.1 Å². The molecule has 1 fully saturated rings. The van der Waals surface area contributed by atoms with Gasteiger partial charge in [-0.25, -0.2) is 0 Å². The fourth-order valence-electron chi connectivity index (χ4n) is 3.21. The molecular formula is C19H24ClN3O3. The standard InChI is InChI=1S/C19H24ClN3O3/c1-22-10-12-23(13-11-22)18(20)14-16(8-9-19(18,25)26-2)21-17(24)15-6-4-3-5-7-15/h3-9,14,25H,10-13H2,1-2H3,(H,21,24). The average molecular weight is 378 g/mol. The van der Waals surface area contributed by atoms with Crippen LogP contribution in [0.1, 0.15) is 10.4 Å². The number of nitrogens with zero attached hydrogens (tertiary/aromatic N) is 2. The van der Waals surface area contributed by atoms with E-state index in [4.69, 9.17) is 16.3 Å². The van der Waals surface area contributed by atoms with Gasteiger partial charge in [-0.1, -0.05) is 29.8 Å². The van der Waals surface area contributed by atoms with E-state index in [1.807, 2.05) is 18.0 Å². The van der Waals surface area contributed by atoms with Gasteiger partial charge >= 0.3 is 0 Å². The average Bonchev–Trinajstić information content (AvgIpc) is 2.66.